The van der Waals surface area contributed by atoms with E-state index in [2.05, 4.69) is 4.90 Å². The van der Waals surface area contributed by atoms with Gasteiger partial charge in [-0.3, -0.25) is 4.90 Å². The molecule has 0 spiro atoms. The van der Waals surface area contributed by atoms with E-state index in [1.54, 1.807) is 12.0 Å². The molecule has 106 valence electrons. The first-order chi connectivity index (χ1) is 9.19. The molecule has 2 N–H and O–H groups in total. The van der Waals surface area contributed by atoms with Crippen LogP contribution in [0.4, 0.5) is 4.79 Å². The number of furan rings is 1. The maximum Gasteiger partial charge on any atom is 0.314 e. The molecule has 0 saturated carbocycles. The molecule has 1 fully saturated rings. The van der Waals surface area contributed by atoms with Crippen molar-refractivity contribution in [3.63, 3.8) is 0 Å². The van der Waals surface area contributed by atoms with Gasteiger partial charge in [0.15, 0.2) is 0 Å². The maximum atomic E-state index is 11.1. The number of rotatable bonds is 4. The van der Waals surface area contributed by atoms with Crippen molar-refractivity contribution in [3.8, 4) is 0 Å². The van der Waals surface area contributed by atoms with Crippen molar-refractivity contribution < 1.29 is 13.9 Å². The number of hydrogen-bond acceptors (Lipinski definition) is 4. The summed E-state index contributed by atoms with van der Waals surface area (Å²) >= 11 is 0. The summed E-state index contributed by atoms with van der Waals surface area (Å²) in [4.78, 5) is 15.1. The third-order valence-corrected chi connectivity index (χ3v) is 3.28. The maximum absolute atomic E-state index is 11.1. The van der Waals surface area contributed by atoms with Crippen LogP contribution >= 0.6 is 0 Å². The van der Waals surface area contributed by atoms with Gasteiger partial charge in [0.05, 0.1) is 6.54 Å². The average molecular weight is 267 g/mol. The summed E-state index contributed by atoms with van der Waals surface area (Å²) in [5.74, 6) is 1.77. The number of methoxy groups -OCH3 is 1. The summed E-state index contributed by atoms with van der Waals surface area (Å²) in [7, 11) is 1.65. The van der Waals surface area contributed by atoms with Crippen LogP contribution in [0, 0.1) is 0 Å². The normalized spacial score (nSPS) is 17.4. The first-order valence-corrected chi connectivity index (χ1v) is 6.52. The topological polar surface area (TPSA) is 71.9 Å². The summed E-state index contributed by atoms with van der Waals surface area (Å²) in [6.07, 6.45) is 0.939. The highest BCUT2D eigenvalue weighted by Crippen LogP contribution is 2.13. The molecular formula is C13H21N3O3. The zero-order valence-electron chi connectivity index (χ0n) is 11.3. The minimum absolute atomic E-state index is 0.331. The van der Waals surface area contributed by atoms with Crippen molar-refractivity contribution in [2.75, 3.05) is 33.3 Å². The largest absolute Gasteiger partial charge is 0.462 e. The van der Waals surface area contributed by atoms with E-state index in [1.807, 2.05) is 12.1 Å². The summed E-state index contributed by atoms with van der Waals surface area (Å²) < 4.78 is 10.7. The zero-order valence-corrected chi connectivity index (χ0v) is 11.3. The summed E-state index contributed by atoms with van der Waals surface area (Å²) in [5.41, 5.74) is 5.31. The standard InChI is InChI=1S/C13H21N3O3/c1-18-10-12-4-3-11(19-12)9-15-5-2-6-16(8-7-15)13(14)17/h3-4H,2,5-10H2,1H3,(H2,14,17). The van der Waals surface area contributed by atoms with E-state index >= 15 is 0 Å². The minimum atomic E-state index is -0.331. The Labute approximate surface area is 113 Å². The second-order valence-corrected chi connectivity index (χ2v) is 4.76. The Bertz CT molecular complexity index is 419. The fourth-order valence-corrected chi connectivity index (χ4v) is 2.30. The van der Waals surface area contributed by atoms with Gasteiger partial charge in [0.2, 0.25) is 0 Å². The fourth-order valence-electron chi connectivity index (χ4n) is 2.30. The molecule has 19 heavy (non-hydrogen) atoms. The average Bonchev–Trinajstić information content (AvgIpc) is 2.67. The van der Waals surface area contributed by atoms with Crippen molar-refractivity contribution in [2.45, 2.75) is 19.6 Å². The lowest BCUT2D eigenvalue weighted by Gasteiger charge is -2.19. The molecule has 0 aromatic carbocycles. The second kappa shape index (κ2) is 6.58. The number of carbonyl (C=O) groups excluding carboxylic acids is 1. The van der Waals surface area contributed by atoms with Crippen LogP contribution in [-0.4, -0.2) is 49.1 Å². The highest BCUT2D eigenvalue weighted by atomic mass is 16.5. The van der Waals surface area contributed by atoms with Crippen LogP contribution in [0.25, 0.3) is 0 Å². The summed E-state index contributed by atoms with van der Waals surface area (Å²) in [5, 5.41) is 0. The van der Waals surface area contributed by atoms with Gasteiger partial charge in [0.1, 0.15) is 18.1 Å². The second-order valence-electron chi connectivity index (χ2n) is 4.76. The lowest BCUT2D eigenvalue weighted by atomic mass is 10.3. The van der Waals surface area contributed by atoms with Crippen LogP contribution in [-0.2, 0) is 17.9 Å². The number of ether oxygens (including phenoxy) is 1. The van der Waals surface area contributed by atoms with Crippen LogP contribution < -0.4 is 5.73 Å². The molecule has 6 nitrogen and oxygen atoms in total. The number of urea groups is 1. The number of amides is 2. The number of nitrogens with two attached hydrogens (primary N) is 1. The number of hydrogen-bond donors (Lipinski definition) is 1. The predicted molar refractivity (Wildman–Crippen MR) is 70.5 cm³/mol. The molecule has 0 bridgehead atoms. The predicted octanol–water partition coefficient (Wildman–Crippen LogP) is 1.01. The van der Waals surface area contributed by atoms with E-state index in [0.717, 1.165) is 44.1 Å². The van der Waals surface area contributed by atoms with Gasteiger partial charge in [-0.25, -0.2) is 4.79 Å². The highest BCUT2D eigenvalue weighted by molar-refractivity contribution is 5.71. The Morgan fingerprint density at radius 2 is 2.11 bits per heavy atom. The molecule has 1 saturated heterocycles. The monoisotopic (exact) mass is 267 g/mol. The molecule has 6 heteroatoms. The smallest absolute Gasteiger partial charge is 0.314 e. The third-order valence-electron chi connectivity index (χ3n) is 3.28. The molecule has 0 atom stereocenters. The lowest BCUT2D eigenvalue weighted by Crippen LogP contribution is -2.38. The quantitative estimate of drug-likeness (QED) is 0.883. The van der Waals surface area contributed by atoms with E-state index in [1.165, 1.54) is 0 Å². The van der Waals surface area contributed by atoms with Crippen molar-refractivity contribution in [1.29, 1.82) is 0 Å². The van der Waals surface area contributed by atoms with E-state index < -0.39 is 0 Å². The van der Waals surface area contributed by atoms with Crippen LogP contribution in [0.2, 0.25) is 0 Å². The molecule has 0 radical (unpaired) electrons. The molecule has 2 rings (SSSR count). The molecule has 0 aliphatic carbocycles. The molecular weight excluding hydrogens is 246 g/mol. The Kier molecular flexibility index (Phi) is 4.81. The van der Waals surface area contributed by atoms with Gasteiger partial charge in [-0.05, 0) is 18.6 Å². The van der Waals surface area contributed by atoms with Crippen molar-refractivity contribution >= 4 is 6.03 Å². The SMILES string of the molecule is COCc1ccc(CN2CCCN(C(N)=O)CC2)o1. The van der Waals surface area contributed by atoms with Gasteiger partial charge >= 0.3 is 6.03 Å². The summed E-state index contributed by atoms with van der Waals surface area (Å²) in [6, 6.07) is 3.58. The van der Waals surface area contributed by atoms with Crippen LogP contribution in [0.1, 0.15) is 17.9 Å². The minimum Gasteiger partial charge on any atom is -0.462 e. The zero-order chi connectivity index (χ0) is 13.7. The number of nitrogens with zero attached hydrogens (tertiary/aromatic N) is 2. The Hall–Kier alpha value is -1.53. The molecule has 1 aliphatic rings. The third kappa shape index (κ3) is 3.97. The van der Waals surface area contributed by atoms with Crippen LogP contribution in [0.5, 0.6) is 0 Å². The van der Waals surface area contributed by atoms with Crippen molar-refractivity contribution in [1.82, 2.24) is 9.80 Å². The van der Waals surface area contributed by atoms with Crippen LogP contribution in [0.3, 0.4) is 0 Å². The Balaban J connectivity index is 1.86. The molecule has 0 unspecified atom stereocenters. The van der Waals surface area contributed by atoms with E-state index in [-0.39, 0.29) is 6.03 Å². The number of carbonyl (C=O) groups is 1. The summed E-state index contributed by atoms with van der Waals surface area (Å²) in [6.45, 7) is 4.44. The van der Waals surface area contributed by atoms with Gasteiger partial charge in [-0.15, -0.1) is 0 Å². The first kappa shape index (κ1) is 13.9. The van der Waals surface area contributed by atoms with E-state index in [9.17, 15) is 4.79 Å². The lowest BCUT2D eigenvalue weighted by molar-refractivity contribution is 0.159. The van der Waals surface area contributed by atoms with Gasteiger partial charge in [-0.2, -0.15) is 0 Å². The highest BCUT2D eigenvalue weighted by Gasteiger charge is 2.17. The molecule has 1 aromatic heterocycles. The van der Waals surface area contributed by atoms with Crippen molar-refractivity contribution in [2.24, 2.45) is 5.73 Å². The van der Waals surface area contributed by atoms with Gasteiger partial charge in [0, 0.05) is 33.3 Å². The Morgan fingerprint density at radius 3 is 2.84 bits per heavy atom. The molecule has 1 aromatic rings. The van der Waals surface area contributed by atoms with Crippen molar-refractivity contribution in [3.05, 3.63) is 23.7 Å². The Morgan fingerprint density at radius 1 is 1.32 bits per heavy atom. The van der Waals surface area contributed by atoms with E-state index in [0.29, 0.717) is 13.2 Å². The molecule has 2 heterocycles. The van der Waals surface area contributed by atoms with E-state index in [4.69, 9.17) is 14.9 Å². The first-order valence-electron chi connectivity index (χ1n) is 6.52. The van der Waals surface area contributed by atoms with Gasteiger partial charge < -0.3 is 19.8 Å². The van der Waals surface area contributed by atoms with Gasteiger partial charge in [0.25, 0.3) is 0 Å². The van der Waals surface area contributed by atoms with Gasteiger partial charge in [-0.1, -0.05) is 0 Å². The fraction of sp³-hybridized carbons (Fsp3) is 0.615. The van der Waals surface area contributed by atoms with Crippen LogP contribution in [0.15, 0.2) is 16.5 Å². The number of primary amides is 1. The molecule has 2 amide bonds. The molecule has 1 aliphatic heterocycles.